The van der Waals surface area contributed by atoms with E-state index in [2.05, 4.69) is 20.3 Å². The predicted octanol–water partition coefficient (Wildman–Crippen LogP) is -0.434. The molecule has 1 heterocycles. The van der Waals surface area contributed by atoms with Crippen LogP contribution in [-0.2, 0) is 4.79 Å². The van der Waals surface area contributed by atoms with Crippen molar-refractivity contribution in [3.8, 4) is 12.0 Å². The van der Waals surface area contributed by atoms with E-state index in [4.69, 9.17) is 15.2 Å². The standard InChI is InChI=1S/C9H15N5O3/c1-16-8-12-7(13-9(14-8)17-2)11-5-3-4-6(10)15/h3-5H2,1-2H3,(H2,10,15)(H,11,12,13,14). The molecule has 8 heteroatoms. The van der Waals surface area contributed by atoms with Crippen LogP contribution in [0.25, 0.3) is 0 Å². The summed E-state index contributed by atoms with van der Waals surface area (Å²) in [6.45, 7) is 0.527. The van der Waals surface area contributed by atoms with Crippen molar-refractivity contribution in [1.29, 1.82) is 0 Å². The summed E-state index contributed by atoms with van der Waals surface area (Å²) in [7, 11) is 2.90. The second-order valence-corrected chi connectivity index (χ2v) is 3.13. The average molecular weight is 241 g/mol. The summed E-state index contributed by atoms with van der Waals surface area (Å²) in [5.74, 6) is -0.00391. The SMILES string of the molecule is COc1nc(NCCCC(N)=O)nc(OC)n1. The van der Waals surface area contributed by atoms with Crippen molar-refractivity contribution in [3.05, 3.63) is 0 Å². The summed E-state index contributed by atoms with van der Waals surface area (Å²) in [5, 5.41) is 2.92. The molecule has 0 aliphatic heterocycles. The molecule has 0 aromatic carbocycles. The Morgan fingerprint density at radius 2 is 1.82 bits per heavy atom. The van der Waals surface area contributed by atoms with Gasteiger partial charge in [-0.15, -0.1) is 4.98 Å². The van der Waals surface area contributed by atoms with Crippen LogP contribution in [0, 0.1) is 0 Å². The Morgan fingerprint density at radius 3 is 2.29 bits per heavy atom. The van der Waals surface area contributed by atoms with Gasteiger partial charge >= 0.3 is 12.0 Å². The Labute approximate surface area is 98.6 Å². The minimum Gasteiger partial charge on any atom is -0.467 e. The van der Waals surface area contributed by atoms with Gasteiger partial charge in [0.05, 0.1) is 14.2 Å². The van der Waals surface area contributed by atoms with E-state index >= 15 is 0 Å². The lowest BCUT2D eigenvalue weighted by molar-refractivity contribution is -0.118. The number of hydrogen-bond acceptors (Lipinski definition) is 7. The average Bonchev–Trinajstić information content (AvgIpc) is 2.34. The Balaban J connectivity index is 2.54. The normalized spacial score (nSPS) is 9.76. The lowest BCUT2D eigenvalue weighted by Gasteiger charge is -2.06. The third-order valence-electron chi connectivity index (χ3n) is 1.84. The van der Waals surface area contributed by atoms with E-state index in [0.717, 1.165) is 0 Å². The number of ether oxygens (including phenoxy) is 2. The van der Waals surface area contributed by atoms with E-state index in [1.165, 1.54) is 14.2 Å². The van der Waals surface area contributed by atoms with Crippen LogP contribution in [0.15, 0.2) is 0 Å². The van der Waals surface area contributed by atoms with Crippen molar-refractivity contribution < 1.29 is 14.3 Å². The molecule has 3 N–H and O–H groups in total. The van der Waals surface area contributed by atoms with Crippen LogP contribution in [0.3, 0.4) is 0 Å². The Bertz CT molecular complexity index is 363. The third-order valence-corrected chi connectivity index (χ3v) is 1.84. The number of primary amides is 1. The fraction of sp³-hybridized carbons (Fsp3) is 0.556. The number of amides is 1. The molecule has 17 heavy (non-hydrogen) atoms. The summed E-state index contributed by atoms with van der Waals surface area (Å²) in [4.78, 5) is 22.3. The van der Waals surface area contributed by atoms with Gasteiger partial charge in [0.15, 0.2) is 0 Å². The highest BCUT2D eigenvalue weighted by Crippen LogP contribution is 2.11. The maximum absolute atomic E-state index is 10.5. The molecule has 8 nitrogen and oxygen atoms in total. The van der Waals surface area contributed by atoms with Crippen molar-refractivity contribution in [2.24, 2.45) is 5.73 Å². The molecule has 1 amide bonds. The van der Waals surface area contributed by atoms with Crippen molar-refractivity contribution in [2.75, 3.05) is 26.1 Å². The van der Waals surface area contributed by atoms with Gasteiger partial charge in [-0.2, -0.15) is 9.97 Å². The van der Waals surface area contributed by atoms with Gasteiger partial charge in [-0.1, -0.05) is 0 Å². The number of nitrogens with one attached hydrogen (secondary N) is 1. The monoisotopic (exact) mass is 241 g/mol. The topological polar surface area (TPSA) is 112 Å². The maximum Gasteiger partial charge on any atom is 0.324 e. The largest absolute Gasteiger partial charge is 0.467 e. The van der Waals surface area contributed by atoms with Gasteiger partial charge in [0, 0.05) is 13.0 Å². The Kier molecular flexibility index (Phi) is 4.92. The molecule has 1 aromatic rings. The third kappa shape index (κ3) is 4.49. The molecule has 0 radical (unpaired) electrons. The van der Waals surface area contributed by atoms with Gasteiger partial charge in [0.1, 0.15) is 0 Å². The summed E-state index contributed by atoms with van der Waals surface area (Å²) >= 11 is 0. The molecule has 0 unspecified atom stereocenters. The molecule has 0 aliphatic carbocycles. The zero-order valence-electron chi connectivity index (χ0n) is 9.77. The highest BCUT2D eigenvalue weighted by atomic mass is 16.5. The van der Waals surface area contributed by atoms with Crippen molar-refractivity contribution in [2.45, 2.75) is 12.8 Å². The predicted molar refractivity (Wildman–Crippen MR) is 59.8 cm³/mol. The van der Waals surface area contributed by atoms with Gasteiger partial charge in [-0.25, -0.2) is 0 Å². The number of hydrogen-bond donors (Lipinski definition) is 2. The molecular formula is C9H15N5O3. The lowest BCUT2D eigenvalue weighted by atomic mass is 10.3. The molecule has 0 atom stereocenters. The van der Waals surface area contributed by atoms with Gasteiger partial charge in [-0.05, 0) is 6.42 Å². The van der Waals surface area contributed by atoms with Crippen LogP contribution in [0.4, 0.5) is 5.95 Å². The number of carbonyl (C=O) groups is 1. The van der Waals surface area contributed by atoms with Crippen LogP contribution in [0.2, 0.25) is 0 Å². The number of methoxy groups -OCH3 is 2. The number of rotatable bonds is 7. The van der Waals surface area contributed by atoms with Gasteiger partial charge < -0.3 is 20.5 Å². The number of anilines is 1. The second kappa shape index (κ2) is 6.46. The molecule has 0 bridgehead atoms. The molecule has 0 saturated heterocycles. The van der Waals surface area contributed by atoms with E-state index in [-0.39, 0.29) is 17.9 Å². The number of nitrogens with zero attached hydrogens (tertiary/aromatic N) is 3. The molecule has 0 fully saturated rings. The first-order valence-corrected chi connectivity index (χ1v) is 5.02. The van der Waals surface area contributed by atoms with Gasteiger partial charge in [0.2, 0.25) is 11.9 Å². The zero-order valence-corrected chi connectivity index (χ0v) is 9.77. The minimum atomic E-state index is -0.336. The number of carbonyl (C=O) groups excluding carboxylic acids is 1. The van der Waals surface area contributed by atoms with Crippen LogP contribution in [0.5, 0.6) is 12.0 Å². The molecule has 94 valence electrons. The first kappa shape index (κ1) is 12.9. The van der Waals surface area contributed by atoms with E-state index in [1.54, 1.807) is 0 Å². The van der Waals surface area contributed by atoms with Crippen LogP contribution in [-0.4, -0.2) is 41.6 Å². The fourth-order valence-electron chi connectivity index (χ4n) is 1.06. The summed E-state index contributed by atoms with van der Waals surface area (Å²) in [6.07, 6.45) is 0.915. The number of aromatic nitrogens is 3. The summed E-state index contributed by atoms with van der Waals surface area (Å²) in [6, 6.07) is 0.323. The van der Waals surface area contributed by atoms with E-state index < -0.39 is 0 Å². The van der Waals surface area contributed by atoms with Crippen LogP contribution >= 0.6 is 0 Å². The molecule has 0 aliphatic rings. The van der Waals surface area contributed by atoms with Gasteiger partial charge in [-0.3, -0.25) is 4.79 Å². The van der Waals surface area contributed by atoms with Crippen molar-refractivity contribution in [3.63, 3.8) is 0 Å². The van der Waals surface area contributed by atoms with Gasteiger partial charge in [0.25, 0.3) is 0 Å². The Morgan fingerprint density at radius 1 is 1.24 bits per heavy atom. The van der Waals surface area contributed by atoms with E-state index in [9.17, 15) is 4.79 Å². The highest BCUT2D eigenvalue weighted by molar-refractivity contribution is 5.73. The first-order valence-electron chi connectivity index (χ1n) is 5.02. The summed E-state index contributed by atoms with van der Waals surface area (Å²) in [5.41, 5.74) is 5.02. The van der Waals surface area contributed by atoms with Crippen LogP contribution in [0.1, 0.15) is 12.8 Å². The Hall–Kier alpha value is -2.12. The van der Waals surface area contributed by atoms with E-state index in [1.807, 2.05) is 0 Å². The molecule has 1 rings (SSSR count). The first-order chi connectivity index (χ1) is 8.15. The number of nitrogens with two attached hydrogens (primary N) is 1. The smallest absolute Gasteiger partial charge is 0.324 e. The molecule has 1 aromatic heterocycles. The minimum absolute atomic E-state index is 0.161. The fourth-order valence-corrected chi connectivity index (χ4v) is 1.06. The van der Waals surface area contributed by atoms with Crippen molar-refractivity contribution >= 4 is 11.9 Å². The lowest BCUT2D eigenvalue weighted by Crippen LogP contribution is -2.14. The molecule has 0 saturated carbocycles. The second-order valence-electron chi connectivity index (χ2n) is 3.13. The molecular weight excluding hydrogens is 226 g/mol. The van der Waals surface area contributed by atoms with Crippen molar-refractivity contribution in [1.82, 2.24) is 15.0 Å². The summed E-state index contributed by atoms with van der Waals surface area (Å²) < 4.78 is 9.77. The molecule has 0 spiro atoms. The maximum atomic E-state index is 10.5. The highest BCUT2D eigenvalue weighted by Gasteiger charge is 2.06. The van der Waals surface area contributed by atoms with Crippen LogP contribution < -0.4 is 20.5 Å². The quantitative estimate of drug-likeness (QED) is 0.622. The zero-order chi connectivity index (χ0) is 12.7. The van der Waals surface area contributed by atoms with E-state index in [0.29, 0.717) is 25.3 Å².